The summed E-state index contributed by atoms with van der Waals surface area (Å²) in [6, 6.07) is 6.09. The quantitative estimate of drug-likeness (QED) is 0.771. The van der Waals surface area contributed by atoms with E-state index in [4.69, 9.17) is 0 Å². The summed E-state index contributed by atoms with van der Waals surface area (Å²) in [4.78, 5) is 12.1. The number of sulfonamides is 1. The average molecular weight is 326 g/mol. The van der Waals surface area contributed by atoms with Gasteiger partial charge in [0.2, 0.25) is 10.0 Å². The van der Waals surface area contributed by atoms with Crippen LogP contribution in [0.4, 0.5) is 0 Å². The van der Waals surface area contributed by atoms with E-state index in [2.05, 4.69) is 10.0 Å². The Kier molecular flexibility index (Phi) is 7.03. The van der Waals surface area contributed by atoms with Gasteiger partial charge in [0.25, 0.3) is 5.91 Å². The minimum absolute atomic E-state index is 0.0913. The van der Waals surface area contributed by atoms with Crippen LogP contribution in [0.3, 0.4) is 0 Å². The molecule has 1 amide bonds. The first kappa shape index (κ1) is 18.6. The molecular formula is C16H26N2O3S. The van der Waals surface area contributed by atoms with Crippen LogP contribution in [0, 0.1) is 5.92 Å². The van der Waals surface area contributed by atoms with Gasteiger partial charge in [0.1, 0.15) is 0 Å². The Balaban J connectivity index is 2.73. The Morgan fingerprint density at radius 1 is 1.14 bits per heavy atom. The number of nitrogens with one attached hydrogen (secondary N) is 2. The predicted octanol–water partition coefficient (Wildman–Crippen LogP) is 2.54. The molecule has 0 saturated heterocycles. The maximum Gasteiger partial charge on any atom is 0.251 e. The Hall–Kier alpha value is -1.40. The average Bonchev–Trinajstić information content (AvgIpc) is 2.46. The van der Waals surface area contributed by atoms with Crippen molar-refractivity contribution < 1.29 is 13.2 Å². The molecule has 0 spiro atoms. The minimum Gasteiger partial charge on any atom is -0.350 e. The summed E-state index contributed by atoms with van der Waals surface area (Å²) in [6.07, 6.45) is 1.63. The zero-order valence-electron chi connectivity index (χ0n) is 13.7. The highest BCUT2D eigenvalue weighted by Gasteiger charge is 2.15. The van der Waals surface area contributed by atoms with E-state index in [9.17, 15) is 13.2 Å². The number of carbonyl (C=O) groups is 1. The van der Waals surface area contributed by atoms with Gasteiger partial charge in [-0.15, -0.1) is 0 Å². The highest BCUT2D eigenvalue weighted by atomic mass is 32.2. The second kappa shape index (κ2) is 8.29. The summed E-state index contributed by atoms with van der Waals surface area (Å²) in [6.45, 7) is 8.41. The topological polar surface area (TPSA) is 75.3 Å². The first-order chi connectivity index (χ1) is 10.3. The minimum atomic E-state index is -3.51. The summed E-state index contributed by atoms with van der Waals surface area (Å²) >= 11 is 0. The van der Waals surface area contributed by atoms with Gasteiger partial charge in [-0.05, 0) is 49.9 Å². The lowest BCUT2D eigenvalue weighted by Crippen LogP contribution is -2.32. The summed E-state index contributed by atoms with van der Waals surface area (Å²) in [5.41, 5.74) is 0.460. The Bertz CT molecular complexity index is 580. The fourth-order valence-corrected chi connectivity index (χ4v) is 2.81. The Morgan fingerprint density at radius 3 is 2.23 bits per heavy atom. The van der Waals surface area contributed by atoms with Gasteiger partial charge >= 0.3 is 0 Å². The van der Waals surface area contributed by atoms with E-state index < -0.39 is 10.0 Å². The van der Waals surface area contributed by atoms with Crippen LogP contribution in [-0.4, -0.2) is 26.9 Å². The SMILES string of the molecule is CCC(C)NC(=O)c1ccc(S(=O)(=O)NCCC(C)C)cc1. The van der Waals surface area contributed by atoms with Crippen LogP contribution in [0.5, 0.6) is 0 Å². The number of rotatable bonds is 8. The molecule has 0 aliphatic carbocycles. The van der Waals surface area contributed by atoms with Crippen LogP contribution >= 0.6 is 0 Å². The van der Waals surface area contributed by atoms with Crippen molar-refractivity contribution in [1.82, 2.24) is 10.0 Å². The smallest absolute Gasteiger partial charge is 0.251 e. The fraction of sp³-hybridized carbons (Fsp3) is 0.562. The standard InChI is InChI=1S/C16H26N2O3S/c1-5-13(4)18-16(19)14-6-8-15(9-7-14)22(20,21)17-11-10-12(2)3/h6-9,12-13,17H,5,10-11H2,1-4H3,(H,18,19). The van der Waals surface area contributed by atoms with Crippen molar-refractivity contribution in [2.45, 2.75) is 51.5 Å². The molecule has 0 fully saturated rings. The van der Waals surface area contributed by atoms with Gasteiger partial charge in [0.05, 0.1) is 4.90 Å². The highest BCUT2D eigenvalue weighted by molar-refractivity contribution is 7.89. The molecule has 0 aromatic heterocycles. The Labute approximate surface area is 133 Å². The van der Waals surface area contributed by atoms with E-state index in [1.54, 1.807) is 0 Å². The number of hydrogen-bond donors (Lipinski definition) is 2. The molecule has 1 atom stereocenters. The monoisotopic (exact) mass is 326 g/mol. The fourth-order valence-electron chi connectivity index (χ4n) is 1.76. The molecule has 1 aromatic rings. The van der Waals surface area contributed by atoms with Gasteiger partial charge in [0.15, 0.2) is 0 Å². The van der Waals surface area contributed by atoms with Gasteiger partial charge in [0, 0.05) is 18.2 Å². The third-order valence-corrected chi connectivity index (χ3v) is 4.91. The Morgan fingerprint density at radius 2 is 1.73 bits per heavy atom. The van der Waals surface area contributed by atoms with E-state index >= 15 is 0 Å². The van der Waals surface area contributed by atoms with E-state index in [0.717, 1.165) is 12.8 Å². The van der Waals surface area contributed by atoms with Crippen molar-refractivity contribution in [3.63, 3.8) is 0 Å². The van der Waals surface area contributed by atoms with Gasteiger partial charge < -0.3 is 5.32 Å². The molecular weight excluding hydrogens is 300 g/mol. The first-order valence-corrected chi connectivity index (χ1v) is 9.15. The molecule has 1 rings (SSSR count). The molecule has 22 heavy (non-hydrogen) atoms. The number of amides is 1. The van der Waals surface area contributed by atoms with Gasteiger partial charge in [-0.25, -0.2) is 13.1 Å². The molecule has 5 nitrogen and oxygen atoms in total. The second-order valence-electron chi connectivity index (χ2n) is 5.89. The highest BCUT2D eigenvalue weighted by Crippen LogP contribution is 2.11. The molecule has 0 radical (unpaired) electrons. The van der Waals surface area contributed by atoms with E-state index in [0.29, 0.717) is 18.0 Å². The largest absolute Gasteiger partial charge is 0.350 e. The molecule has 124 valence electrons. The first-order valence-electron chi connectivity index (χ1n) is 7.66. The van der Waals surface area contributed by atoms with Crippen LogP contribution in [0.1, 0.15) is 50.9 Å². The van der Waals surface area contributed by atoms with Crippen molar-refractivity contribution in [3.05, 3.63) is 29.8 Å². The van der Waals surface area contributed by atoms with Crippen molar-refractivity contribution in [2.75, 3.05) is 6.54 Å². The van der Waals surface area contributed by atoms with Crippen molar-refractivity contribution in [2.24, 2.45) is 5.92 Å². The predicted molar refractivity (Wildman–Crippen MR) is 88.3 cm³/mol. The van der Waals surface area contributed by atoms with Crippen LogP contribution in [0.25, 0.3) is 0 Å². The van der Waals surface area contributed by atoms with Crippen molar-refractivity contribution in [3.8, 4) is 0 Å². The van der Waals surface area contributed by atoms with Crippen molar-refractivity contribution >= 4 is 15.9 Å². The summed E-state index contributed by atoms with van der Waals surface area (Å²) in [5.74, 6) is 0.250. The van der Waals surface area contributed by atoms with Crippen LogP contribution in [-0.2, 0) is 10.0 Å². The van der Waals surface area contributed by atoms with Gasteiger partial charge in [-0.2, -0.15) is 0 Å². The van der Waals surface area contributed by atoms with Crippen LogP contribution < -0.4 is 10.0 Å². The van der Waals surface area contributed by atoms with Crippen LogP contribution in [0.15, 0.2) is 29.2 Å². The number of benzene rings is 1. The van der Waals surface area contributed by atoms with E-state index in [1.807, 2.05) is 27.7 Å². The molecule has 0 heterocycles. The van der Waals surface area contributed by atoms with Gasteiger partial charge in [-0.3, -0.25) is 4.79 Å². The molecule has 2 N–H and O–H groups in total. The van der Waals surface area contributed by atoms with Crippen LogP contribution in [0.2, 0.25) is 0 Å². The maximum atomic E-state index is 12.1. The lowest BCUT2D eigenvalue weighted by Gasteiger charge is -2.12. The van der Waals surface area contributed by atoms with Crippen molar-refractivity contribution in [1.29, 1.82) is 0 Å². The zero-order valence-corrected chi connectivity index (χ0v) is 14.5. The second-order valence-corrected chi connectivity index (χ2v) is 7.65. The lowest BCUT2D eigenvalue weighted by molar-refractivity contribution is 0.0939. The summed E-state index contributed by atoms with van der Waals surface area (Å²) < 4.78 is 26.8. The van der Waals surface area contributed by atoms with E-state index in [-0.39, 0.29) is 16.8 Å². The molecule has 1 unspecified atom stereocenters. The lowest BCUT2D eigenvalue weighted by atomic mass is 10.1. The summed E-state index contributed by atoms with van der Waals surface area (Å²) in [5, 5.41) is 2.85. The normalized spacial score (nSPS) is 13.1. The zero-order chi connectivity index (χ0) is 16.8. The molecule has 1 aromatic carbocycles. The maximum absolute atomic E-state index is 12.1. The number of hydrogen-bond acceptors (Lipinski definition) is 3. The molecule has 0 saturated carbocycles. The summed E-state index contributed by atoms with van der Waals surface area (Å²) in [7, 11) is -3.51. The number of carbonyl (C=O) groups excluding carboxylic acids is 1. The molecule has 0 aliphatic heterocycles. The molecule has 6 heteroatoms. The molecule has 0 aliphatic rings. The third-order valence-electron chi connectivity index (χ3n) is 3.43. The third kappa shape index (κ3) is 5.77. The van der Waals surface area contributed by atoms with Gasteiger partial charge in [-0.1, -0.05) is 20.8 Å². The molecule has 0 bridgehead atoms. The van der Waals surface area contributed by atoms with E-state index in [1.165, 1.54) is 24.3 Å².